The van der Waals surface area contributed by atoms with E-state index >= 15 is 0 Å². The monoisotopic (exact) mass is 286 g/mol. The Morgan fingerprint density at radius 1 is 1.39 bits per heavy atom. The third kappa shape index (κ3) is 2.66. The van der Waals surface area contributed by atoms with Gasteiger partial charge in [0.2, 0.25) is 0 Å². The van der Waals surface area contributed by atoms with Gasteiger partial charge in [0.05, 0.1) is 22.3 Å². The molecule has 6 heteroatoms. The van der Waals surface area contributed by atoms with Crippen LogP contribution in [0.4, 0.5) is 0 Å². The lowest BCUT2D eigenvalue weighted by atomic mass is 10.2. The Balaban J connectivity index is 2.47. The lowest BCUT2D eigenvalue weighted by molar-refractivity contribution is 0.190. The van der Waals surface area contributed by atoms with Crippen LogP contribution in [-0.4, -0.2) is 23.3 Å². The summed E-state index contributed by atoms with van der Waals surface area (Å²) >= 11 is 11.9. The minimum absolute atomic E-state index is 0.138. The number of methoxy groups -OCH3 is 1. The number of benzene rings is 1. The molecule has 0 aliphatic rings. The highest BCUT2D eigenvalue weighted by Crippen LogP contribution is 2.23. The maximum atomic E-state index is 12.2. The van der Waals surface area contributed by atoms with Crippen LogP contribution in [0.1, 0.15) is 6.42 Å². The van der Waals surface area contributed by atoms with Gasteiger partial charge < -0.3 is 4.74 Å². The number of halogens is 2. The molecule has 0 N–H and O–H groups in total. The van der Waals surface area contributed by atoms with Crippen molar-refractivity contribution in [3.8, 4) is 0 Å². The van der Waals surface area contributed by atoms with E-state index in [2.05, 4.69) is 4.98 Å². The van der Waals surface area contributed by atoms with E-state index in [0.717, 1.165) is 6.42 Å². The molecule has 0 spiro atoms. The van der Waals surface area contributed by atoms with Gasteiger partial charge >= 0.3 is 0 Å². The van der Waals surface area contributed by atoms with Crippen molar-refractivity contribution in [3.63, 3.8) is 0 Å². The fourth-order valence-electron chi connectivity index (χ4n) is 1.73. The average molecular weight is 287 g/mol. The molecule has 0 fully saturated rings. The Labute approximate surface area is 114 Å². The molecule has 0 bridgehead atoms. The van der Waals surface area contributed by atoms with Crippen molar-refractivity contribution >= 4 is 34.1 Å². The van der Waals surface area contributed by atoms with Crippen molar-refractivity contribution < 1.29 is 4.74 Å². The van der Waals surface area contributed by atoms with Crippen LogP contribution >= 0.6 is 23.2 Å². The SMILES string of the molecule is COCCCn1cnc2c(Cl)cc(Cl)cc2c1=O. The maximum absolute atomic E-state index is 12.2. The molecule has 0 radical (unpaired) electrons. The molecule has 4 nitrogen and oxygen atoms in total. The number of aromatic nitrogens is 2. The molecule has 2 aromatic rings. The summed E-state index contributed by atoms with van der Waals surface area (Å²) in [4.78, 5) is 16.4. The highest BCUT2D eigenvalue weighted by Gasteiger charge is 2.08. The molecule has 0 aliphatic heterocycles. The molecular formula is C12H12Cl2N2O2. The van der Waals surface area contributed by atoms with E-state index in [0.29, 0.717) is 34.1 Å². The molecular weight excluding hydrogens is 275 g/mol. The van der Waals surface area contributed by atoms with Crippen LogP contribution < -0.4 is 5.56 Å². The van der Waals surface area contributed by atoms with Gasteiger partial charge in [-0.3, -0.25) is 9.36 Å². The molecule has 1 aromatic carbocycles. The number of nitrogens with zero attached hydrogens (tertiary/aromatic N) is 2. The van der Waals surface area contributed by atoms with Crippen molar-refractivity contribution in [1.82, 2.24) is 9.55 Å². The molecule has 1 aromatic heterocycles. The first-order chi connectivity index (χ1) is 8.63. The van der Waals surface area contributed by atoms with Crippen LogP contribution in [-0.2, 0) is 11.3 Å². The second-order valence-corrected chi connectivity index (χ2v) is 4.72. The van der Waals surface area contributed by atoms with E-state index in [4.69, 9.17) is 27.9 Å². The molecule has 1 heterocycles. The first-order valence-electron chi connectivity index (χ1n) is 5.46. The van der Waals surface area contributed by atoms with Crippen LogP contribution in [0.2, 0.25) is 10.0 Å². The Morgan fingerprint density at radius 2 is 2.17 bits per heavy atom. The predicted octanol–water partition coefficient (Wildman–Crippen LogP) is 2.74. The lowest BCUT2D eigenvalue weighted by Gasteiger charge is -2.07. The summed E-state index contributed by atoms with van der Waals surface area (Å²) in [5.41, 5.74) is 0.342. The van der Waals surface area contributed by atoms with E-state index in [1.807, 2.05) is 0 Å². The summed E-state index contributed by atoms with van der Waals surface area (Å²) < 4.78 is 6.49. The Hall–Kier alpha value is -1.10. The van der Waals surface area contributed by atoms with Gasteiger partial charge in [-0.15, -0.1) is 0 Å². The fraction of sp³-hybridized carbons (Fsp3) is 0.333. The number of hydrogen-bond donors (Lipinski definition) is 0. The predicted molar refractivity (Wildman–Crippen MR) is 72.5 cm³/mol. The standard InChI is InChI=1S/C12H12Cl2N2O2/c1-18-4-2-3-16-7-15-11-9(12(16)17)5-8(13)6-10(11)14/h5-7H,2-4H2,1H3. The highest BCUT2D eigenvalue weighted by atomic mass is 35.5. The molecule has 0 amide bonds. The smallest absolute Gasteiger partial charge is 0.261 e. The second-order valence-electron chi connectivity index (χ2n) is 3.87. The van der Waals surface area contributed by atoms with Gasteiger partial charge in [-0.2, -0.15) is 0 Å². The summed E-state index contributed by atoms with van der Waals surface area (Å²) in [5, 5.41) is 1.26. The van der Waals surface area contributed by atoms with Crippen molar-refractivity contribution in [2.24, 2.45) is 0 Å². The van der Waals surface area contributed by atoms with Gasteiger partial charge in [0.25, 0.3) is 5.56 Å². The minimum Gasteiger partial charge on any atom is -0.385 e. The number of hydrogen-bond acceptors (Lipinski definition) is 3. The molecule has 2 rings (SSSR count). The second kappa shape index (κ2) is 5.69. The van der Waals surface area contributed by atoms with E-state index in [1.165, 1.54) is 10.9 Å². The van der Waals surface area contributed by atoms with Gasteiger partial charge in [0.1, 0.15) is 0 Å². The third-order valence-electron chi connectivity index (χ3n) is 2.59. The molecule has 18 heavy (non-hydrogen) atoms. The van der Waals surface area contributed by atoms with Gasteiger partial charge in [-0.25, -0.2) is 4.98 Å². The van der Waals surface area contributed by atoms with Crippen LogP contribution in [0.25, 0.3) is 10.9 Å². The summed E-state index contributed by atoms with van der Waals surface area (Å²) in [6.45, 7) is 1.15. The van der Waals surface area contributed by atoms with Crippen LogP contribution in [0, 0.1) is 0 Å². The Kier molecular flexibility index (Phi) is 4.22. The van der Waals surface area contributed by atoms with E-state index < -0.39 is 0 Å². The van der Waals surface area contributed by atoms with Crippen LogP contribution in [0.15, 0.2) is 23.3 Å². The zero-order valence-corrected chi connectivity index (χ0v) is 11.3. The van der Waals surface area contributed by atoms with Crippen molar-refractivity contribution in [2.75, 3.05) is 13.7 Å². The third-order valence-corrected chi connectivity index (χ3v) is 3.10. The average Bonchev–Trinajstić information content (AvgIpc) is 2.33. The highest BCUT2D eigenvalue weighted by molar-refractivity contribution is 6.38. The van der Waals surface area contributed by atoms with Gasteiger partial charge in [-0.05, 0) is 18.6 Å². The van der Waals surface area contributed by atoms with Crippen molar-refractivity contribution in [1.29, 1.82) is 0 Å². The number of fused-ring (bicyclic) bond motifs is 1. The number of aryl methyl sites for hydroxylation is 1. The van der Waals surface area contributed by atoms with Crippen LogP contribution in [0.5, 0.6) is 0 Å². The van der Waals surface area contributed by atoms with Crippen molar-refractivity contribution in [2.45, 2.75) is 13.0 Å². The maximum Gasteiger partial charge on any atom is 0.261 e. The topological polar surface area (TPSA) is 44.1 Å². The Morgan fingerprint density at radius 3 is 2.89 bits per heavy atom. The van der Waals surface area contributed by atoms with Gasteiger partial charge in [0.15, 0.2) is 0 Å². The quantitative estimate of drug-likeness (QED) is 0.812. The lowest BCUT2D eigenvalue weighted by Crippen LogP contribution is -2.21. The Bertz CT molecular complexity index is 625. The zero-order chi connectivity index (χ0) is 13.1. The molecule has 96 valence electrons. The van der Waals surface area contributed by atoms with E-state index in [1.54, 1.807) is 19.2 Å². The molecule has 0 saturated carbocycles. The minimum atomic E-state index is -0.138. The summed E-state index contributed by atoms with van der Waals surface area (Å²) in [7, 11) is 1.63. The normalized spacial score (nSPS) is 11.1. The first kappa shape index (κ1) is 13.3. The summed E-state index contributed by atoms with van der Waals surface area (Å²) in [5.74, 6) is 0. The molecule has 0 aliphatic carbocycles. The number of ether oxygens (including phenoxy) is 1. The largest absolute Gasteiger partial charge is 0.385 e. The van der Waals surface area contributed by atoms with Crippen LogP contribution in [0.3, 0.4) is 0 Å². The van der Waals surface area contributed by atoms with Gasteiger partial charge in [-0.1, -0.05) is 23.2 Å². The van der Waals surface area contributed by atoms with E-state index in [-0.39, 0.29) is 5.56 Å². The molecule has 0 unspecified atom stereocenters. The van der Waals surface area contributed by atoms with E-state index in [9.17, 15) is 4.79 Å². The summed E-state index contributed by atoms with van der Waals surface area (Å²) in [6, 6.07) is 3.16. The first-order valence-corrected chi connectivity index (χ1v) is 6.22. The molecule has 0 saturated heterocycles. The zero-order valence-electron chi connectivity index (χ0n) is 9.82. The summed E-state index contributed by atoms with van der Waals surface area (Å²) in [6.07, 6.45) is 2.25. The van der Waals surface area contributed by atoms with Gasteiger partial charge in [0, 0.05) is 25.3 Å². The van der Waals surface area contributed by atoms with Crippen molar-refractivity contribution in [3.05, 3.63) is 38.9 Å². The molecule has 0 atom stereocenters. The fourth-order valence-corrected chi connectivity index (χ4v) is 2.28. The number of rotatable bonds is 4.